The Kier molecular flexibility index (Phi) is 6.08. The third-order valence-corrected chi connectivity index (χ3v) is 4.79. The summed E-state index contributed by atoms with van der Waals surface area (Å²) in [7, 11) is 3.80. The zero-order chi connectivity index (χ0) is 21.1. The van der Waals surface area contributed by atoms with Crippen LogP contribution in [0.25, 0.3) is 0 Å². The van der Waals surface area contributed by atoms with E-state index in [4.69, 9.17) is 9.15 Å². The number of aliphatic hydroxyl groups is 1. The molecule has 7 nitrogen and oxygen atoms in total. The molecule has 0 unspecified atom stereocenters. The third-order valence-electron chi connectivity index (χ3n) is 4.79. The normalized spacial score (nSPS) is 16.8. The van der Waals surface area contributed by atoms with Crippen molar-refractivity contribution in [2.75, 3.05) is 33.8 Å². The highest BCUT2D eigenvalue weighted by Gasteiger charge is 2.44. The number of ether oxygens (including phenoxy) is 1. The summed E-state index contributed by atoms with van der Waals surface area (Å²) in [5.74, 6) is -0.283. The number of Topliss-reactive ketones (excluding diaryl/α,β-unsaturated/α-hetero) is 1. The highest BCUT2D eigenvalue weighted by Crippen LogP contribution is 2.39. The number of hydrogen-bond donors (Lipinski definition) is 1. The first-order chi connectivity index (χ1) is 13.8. The quantitative estimate of drug-likeness (QED) is 0.688. The zero-order valence-corrected chi connectivity index (χ0v) is 17.1. The van der Waals surface area contributed by atoms with Crippen LogP contribution in [0.4, 0.5) is 0 Å². The van der Waals surface area contributed by atoms with Crippen molar-refractivity contribution < 1.29 is 23.8 Å². The van der Waals surface area contributed by atoms with E-state index in [0.717, 1.165) is 0 Å². The van der Waals surface area contributed by atoms with Crippen LogP contribution in [-0.4, -0.2) is 60.4 Å². The van der Waals surface area contributed by atoms with Crippen LogP contribution in [0.3, 0.4) is 0 Å². The van der Waals surface area contributed by atoms with Crippen LogP contribution in [0.2, 0.25) is 0 Å². The van der Waals surface area contributed by atoms with Gasteiger partial charge in [0, 0.05) is 13.1 Å². The number of benzene rings is 1. The second-order valence-electron chi connectivity index (χ2n) is 7.21. The van der Waals surface area contributed by atoms with Crippen molar-refractivity contribution in [1.82, 2.24) is 9.80 Å². The van der Waals surface area contributed by atoms with Gasteiger partial charge in [-0.1, -0.05) is 12.1 Å². The lowest BCUT2D eigenvalue weighted by atomic mass is 9.95. The summed E-state index contributed by atoms with van der Waals surface area (Å²) >= 11 is 0. The van der Waals surface area contributed by atoms with Gasteiger partial charge in [-0.15, -0.1) is 0 Å². The molecule has 0 bridgehead atoms. The zero-order valence-electron chi connectivity index (χ0n) is 17.1. The molecule has 0 fully saturated rings. The molecule has 0 spiro atoms. The minimum Gasteiger partial charge on any atom is -0.503 e. The van der Waals surface area contributed by atoms with Gasteiger partial charge in [-0.3, -0.25) is 9.59 Å². The van der Waals surface area contributed by atoms with Gasteiger partial charge in [-0.05, 0) is 57.8 Å². The SMILES string of the molecule is CCOc1cccc([C@@H]2C(C(=O)c3ccc(C)o3)=C(O)C(=O)N2CCN(C)C)c1. The van der Waals surface area contributed by atoms with Gasteiger partial charge in [0.1, 0.15) is 11.5 Å². The Morgan fingerprint density at radius 2 is 2.03 bits per heavy atom. The Bertz CT molecular complexity index is 944. The number of furan rings is 1. The summed E-state index contributed by atoms with van der Waals surface area (Å²) in [6, 6.07) is 9.75. The number of likely N-dealkylation sites (N-methyl/N-ethyl adjacent to an activating group) is 1. The molecule has 2 heterocycles. The van der Waals surface area contributed by atoms with Gasteiger partial charge in [-0.2, -0.15) is 0 Å². The molecule has 3 rings (SSSR count). The molecule has 1 aliphatic heterocycles. The number of ketones is 1. The Hall–Kier alpha value is -3.06. The molecule has 154 valence electrons. The molecule has 2 aromatic rings. The maximum atomic E-state index is 13.2. The van der Waals surface area contributed by atoms with Gasteiger partial charge in [0.05, 0.1) is 18.2 Å². The molecule has 1 aromatic carbocycles. The molecule has 0 saturated heterocycles. The molecule has 0 saturated carbocycles. The second-order valence-corrected chi connectivity index (χ2v) is 7.21. The van der Waals surface area contributed by atoms with Crippen LogP contribution in [0, 0.1) is 6.92 Å². The topological polar surface area (TPSA) is 83.2 Å². The van der Waals surface area contributed by atoms with Crippen molar-refractivity contribution in [2.24, 2.45) is 0 Å². The Labute approximate surface area is 170 Å². The van der Waals surface area contributed by atoms with Crippen LogP contribution in [0.1, 0.15) is 34.8 Å². The molecule has 1 atom stereocenters. The fraction of sp³-hybridized carbons (Fsp3) is 0.364. The number of hydrogen-bond acceptors (Lipinski definition) is 6. The predicted molar refractivity (Wildman–Crippen MR) is 108 cm³/mol. The summed E-state index contributed by atoms with van der Waals surface area (Å²) < 4.78 is 11.0. The first kappa shape index (κ1) is 20.7. The number of aryl methyl sites for hydroxylation is 1. The van der Waals surface area contributed by atoms with Gasteiger partial charge in [-0.25, -0.2) is 0 Å². The molecule has 29 heavy (non-hydrogen) atoms. The van der Waals surface area contributed by atoms with E-state index in [0.29, 0.717) is 36.8 Å². The summed E-state index contributed by atoms with van der Waals surface area (Å²) in [5, 5.41) is 10.6. The third kappa shape index (κ3) is 4.19. The number of rotatable bonds is 8. The summed E-state index contributed by atoms with van der Waals surface area (Å²) in [5.41, 5.74) is 0.718. The molecule has 1 amide bonds. The van der Waals surface area contributed by atoms with Gasteiger partial charge in [0.25, 0.3) is 5.91 Å². The number of aliphatic hydroxyl groups excluding tert-OH is 1. The minimum absolute atomic E-state index is 0.0248. The van der Waals surface area contributed by atoms with Crippen molar-refractivity contribution >= 4 is 11.7 Å². The summed E-state index contributed by atoms with van der Waals surface area (Å²) in [6.45, 7) is 5.05. The van der Waals surface area contributed by atoms with Crippen LogP contribution in [0.15, 0.2) is 52.1 Å². The number of carbonyl (C=O) groups is 2. The van der Waals surface area contributed by atoms with E-state index in [9.17, 15) is 14.7 Å². The second kappa shape index (κ2) is 8.53. The largest absolute Gasteiger partial charge is 0.503 e. The smallest absolute Gasteiger partial charge is 0.290 e. The fourth-order valence-electron chi connectivity index (χ4n) is 3.40. The lowest BCUT2D eigenvalue weighted by Crippen LogP contribution is -2.36. The number of amides is 1. The standard InChI is InChI=1S/C22H26N2O5/c1-5-28-16-8-6-7-15(13-16)19-18(20(25)17-10-9-14(2)29-17)21(26)22(27)24(19)12-11-23(3)4/h6-10,13,19,26H,5,11-12H2,1-4H3/t19-/m1/s1. The van der Waals surface area contributed by atoms with Gasteiger partial charge < -0.3 is 24.1 Å². The maximum absolute atomic E-state index is 13.2. The van der Waals surface area contributed by atoms with E-state index in [1.54, 1.807) is 25.1 Å². The monoisotopic (exact) mass is 398 g/mol. The van der Waals surface area contributed by atoms with Crippen molar-refractivity contribution in [2.45, 2.75) is 19.9 Å². The Morgan fingerprint density at radius 1 is 1.28 bits per heavy atom. The van der Waals surface area contributed by atoms with Crippen LogP contribution >= 0.6 is 0 Å². The van der Waals surface area contributed by atoms with Crippen molar-refractivity contribution in [3.05, 3.63) is 64.8 Å². The van der Waals surface area contributed by atoms with E-state index in [1.807, 2.05) is 44.1 Å². The summed E-state index contributed by atoms with van der Waals surface area (Å²) in [4.78, 5) is 29.5. The van der Waals surface area contributed by atoms with E-state index in [2.05, 4.69) is 0 Å². The Balaban J connectivity index is 2.06. The van der Waals surface area contributed by atoms with Gasteiger partial charge >= 0.3 is 0 Å². The lowest BCUT2D eigenvalue weighted by molar-refractivity contribution is -0.129. The molecule has 0 radical (unpaired) electrons. The molecular formula is C22H26N2O5. The molecular weight excluding hydrogens is 372 g/mol. The highest BCUT2D eigenvalue weighted by molar-refractivity contribution is 6.15. The highest BCUT2D eigenvalue weighted by atomic mass is 16.5. The summed E-state index contributed by atoms with van der Waals surface area (Å²) in [6.07, 6.45) is 0. The van der Waals surface area contributed by atoms with E-state index in [1.165, 1.54) is 4.90 Å². The van der Waals surface area contributed by atoms with E-state index >= 15 is 0 Å². The van der Waals surface area contributed by atoms with Crippen molar-refractivity contribution in [1.29, 1.82) is 0 Å². The number of nitrogens with zero attached hydrogens (tertiary/aromatic N) is 2. The molecule has 1 aliphatic rings. The van der Waals surface area contributed by atoms with E-state index < -0.39 is 23.5 Å². The first-order valence-corrected chi connectivity index (χ1v) is 9.56. The van der Waals surface area contributed by atoms with E-state index in [-0.39, 0.29) is 11.3 Å². The minimum atomic E-state index is -0.722. The lowest BCUT2D eigenvalue weighted by Gasteiger charge is -2.28. The van der Waals surface area contributed by atoms with Crippen molar-refractivity contribution in [3.8, 4) is 5.75 Å². The molecule has 1 N–H and O–H groups in total. The van der Waals surface area contributed by atoms with Gasteiger partial charge in [0.2, 0.25) is 5.78 Å². The number of carbonyl (C=O) groups excluding carboxylic acids is 2. The van der Waals surface area contributed by atoms with Crippen LogP contribution < -0.4 is 4.74 Å². The Morgan fingerprint density at radius 3 is 2.66 bits per heavy atom. The average molecular weight is 398 g/mol. The van der Waals surface area contributed by atoms with Crippen LogP contribution in [-0.2, 0) is 4.79 Å². The van der Waals surface area contributed by atoms with Crippen LogP contribution in [0.5, 0.6) is 5.75 Å². The fourth-order valence-corrected chi connectivity index (χ4v) is 3.40. The molecule has 1 aromatic heterocycles. The van der Waals surface area contributed by atoms with Crippen molar-refractivity contribution in [3.63, 3.8) is 0 Å². The molecule has 0 aliphatic carbocycles. The predicted octanol–water partition coefficient (Wildman–Crippen LogP) is 3.13. The maximum Gasteiger partial charge on any atom is 0.290 e. The van der Waals surface area contributed by atoms with Gasteiger partial charge in [0.15, 0.2) is 11.5 Å². The average Bonchev–Trinajstić information content (AvgIpc) is 3.22. The first-order valence-electron chi connectivity index (χ1n) is 9.56. The molecule has 7 heteroatoms.